The number of benzene rings is 2. The summed E-state index contributed by atoms with van der Waals surface area (Å²) in [5, 5.41) is 0.829. The van der Waals surface area contributed by atoms with Gasteiger partial charge < -0.3 is 9.15 Å². The highest BCUT2D eigenvalue weighted by atomic mass is 79.9. The van der Waals surface area contributed by atoms with Crippen LogP contribution in [-0.2, 0) is 0 Å². The maximum absolute atomic E-state index is 13.6. The summed E-state index contributed by atoms with van der Waals surface area (Å²) in [5.41, 5.74) is 1.04. The number of nitrogens with zero attached hydrogens (tertiary/aromatic N) is 2. The number of hydrogen-bond donors (Lipinski definition) is 0. The molecule has 0 fully saturated rings. The van der Waals surface area contributed by atoms with Crippen molar-refractivity contribution in [3.8, 4) is 5.75 Å². The van der Waals surface area contributed by atoms with Crippen LogP contribution in [0, 0.1) is 0 Å². The van der Waals surface area contributed by atoms with Crippen molar-refractivity contribution >= 4 is 50.2 Å². The Bertz CT molecular complexity index is 1400. The van der Waals surface area contributed by atoms with E-state index < -0.39 is 11.9 Å². The van der Waals surface area contributed by atoms with Crippen molar-refractivity contribution in [2.45, 2.75) is 6.04 Å². The summed E-state index contributed by atoms with van der Waals surface area (Å²) in [7, 11) is 1.56. The lowest BCUT2D eigenvalue weighted by Crippen LogP contribution is -2.30. The molecule has 154 valence electrons. The van der Waals surface area contributed by atoms with Crippen LogP contribution in [0.5, 0.6) is 5.75 Å². The first kappa shape index (κ1) is 19.8. The van der Waals surface area contributed by atoms with Gasteiger partial charge in [-0.15, -0.1) is 0 Å². The molecular formula is C23H14BrClN2O4. The fraction of sp³-hybridized carbons (Fsp3) is 0.0870. The Morgan fingerprint density at radius 2 is 1.97 bits per heavy atom. The van der Waals surface area contributed by atoms with E-state index in [4.69, 9.17) is 20.8 Å². The molecule has 0 saturated heterocycles. The highest BCUT2D eigenvalue weighted by Gasteiger charge is 2.44. The monoisotopic (exact) mass is 496 g/mol. The Balaban J connectivity index is 1.82. The highest BCUT2D eigenvalue weighted by molar-refractivity contribution is 9.10. The molecule has 31 heavy (non-hydrogen) atoms. The third kappa shape index (κ3) is 3.21. The first-order chi connectivity index (χ1) is 15.0. The first-order valence-corrected chi connectivity index (χ1v) is 10.5. The zero-order valence-electron chi connectivity index (χ0n) is 16.1. The highest BCUT2D eigenvalue weighted by Crippen LogP contribution is 2.41. The number of halogens is 2. The first-order valence-electron chi connectivity index (χ1n) is 9.33. The molecule has 0 N–H and O–H groups in total. The van der Waals surface area contributed by atoms with Gasteiger partial charge in [-0.05, 0) is 48.0 Å². The smallest absolute Gasteiger partial charge is 0.296 e. The van der Waals surface area contributed by atoms with Crippen molar-refractivity contribution in [2.75, 3.05) is 12.0 Å². The Morgan fingerprint density at radius 1 is 1.13 bits per heavy atom. The van der Waals surface area contributed by atoms with Crippen molar-refractivity contribution in [1.29, 1.82) is 0 Å². The van der Waals surface area contributed by atoms with Crippen LogP contribution in [0.4, 0.5) is 5.82 Å². The summed E-state index contributed by atoms with van der Waals surface area (Å²) in [5.74, 6) is 0.526. The van der Waals surface area contributed by atoms with Gasteiger partial charge in [-0.1, -0.05) is 39.7 Å². The van der Waals surface area contributed by atoms with Gasteiger partial charge in [-0.25, -0.2) is 4.98 Å². The lowest BCUT2D eigenvalue weighted by atomic mass is 9.98. The van der Waals surface area contributed by atoms with E-state index in [9.17, 15) is 9.59 Å². The average Bonchev–Trinajstić information content (AvgIpc) is 3.07. The Hall–Kier alpha value is -3.16. The van der Waals surface area contributed by atoms with Gasteiger partial charge in [-0.2, -0.15) is 0 Å². The van der Waals surface area contributed by atoms with Crippen molar-refractivity contribution in [3.05, 3.63) is 97.4 Å². The van der Waals surface area contributed by atoms with Gasteiger partial charge in [0, 0.05) is 10.7 Å². The van der Waals surface area contributed by atoms with E-state index in [2.05, 4.69) is 20.9 Å². The number of amides is 1. The second-order valence-corrected chi connectivity index (χ2v) is 8.36. The number of aromatic nitrogens is 1. The summed E-state index contributed by atoms with van der Waals surface area (Å²) in [4.78, 5) is 32.8. The molecule has 8 heteroatoms. The van der Waals surface area contributed by atoms with Crippen LogP contribution in [0.15, 0.2) is 74.5 Å². The molecule has 1 unspecified atom stereocenters. The summed E-state index contributed by atoms with van der Waals surface area (Å²) in [6.45, 7) is 0. The maximum Gasteiger partial charge on any atom is 0.296 e. The standard InChI is InChI=1S/C23H14BrClN2O4/c1-30-15-4-2-3-12(9-15)20-19-21(28)16-10-13(24)5-7-17(16)31-22(19)23(29)27(20)18-8-6-14(25)11-26-18/h2-11,20H,1H3. The minimum Gasteiger partial charge on any atom is -0.497 e. The number of methoxy groups -OCH3 is 1. The van der Waals surface area contributed by atoms with E-state index in [0.717, 1.165) is 4.47 Å². The lowest BCUT2D eigenvalue weighted by Gasteiger charge is -2.24. The average molecular weight is 498 g/mol. The number of rotatable bonds is 3. The van der Waals surface area contributed by atoms with E-state index >= 15 is 0 Å². The minimum atomic E-state index is -0.731. The fourth-order valence-corrected chi connectivity index (χ4v) is 4.29. The molecule has 1 aliphatic heterocycles. The van der Waals surface area contributed by atoms with Gasteiger partial charge in [-0.3, -0.25) is 14.5 Å². The number of ether oxygens (including phenoxy) is 1. The topological polar surface area (TPSA) is 72.6 Å². The predicted molar refractivity (Wildman–Crippen MR) is 121 cm³/mol. The van der Waals surface area contributed by atoms with E-state index in [1.807, 2.05) is 12.1 Å². The van der Waals surface area contributed by atoms with Gasteiger partial charge in [0.05, 0.1) is 29.1 Å². The molecule has 0 saturated carbocycles. The molecule has 1 amide bonds. The molecule has 0 radical (unpaired) electrons. The third-order valence-corrected chi connectivity index (χ3v) is 5.92. The predicted octanol–water partition coefficient (Wildman–Crippen LogP) is 5.36. The van der Waals surface area contributed by atoms with Gasteiger partial charge >= 0.3 is 0 Å². The zero-order chi connectivity index (χ0) is 21.7. The van der Waals surface area contributed by atoms with E-state index in [0.29, 0.717) is 33.1 Å². The van der Waals surface area contributed by atoms with E-state index in [1.54, 1.807) is 49.6 Å². The van der Waals surface area contributed by atoms with E-state index in [-0.39, 0.29) is 16.8 Å². The van der Waals surface area contributed by atoms with Crippen LogP contribution in [0.1, 0.15) is 27.7 Å². The number of carbonyl (C=O) groups is 1. The van der Waals surface area contributed by atoms with Crippen LogP contribution in [-0.4, -0.2) is 18.0 Å². The van der Waals surface area contributed by atoms with Crippen molar-refractivity contribution < 1.29 is 13.9 Å². The molecule has 1 aliphatic rings. The van der Waals surface area contributed by atoms with Gasteiger partial charge in [0.2, 0.25) is 5.76 Å². The molecule has 3 heterocycles. The molecule has 0 aliphatic carbocycles. The number of carbonyl (C=O) groups excluding carboxylic acids is 1. The molecule has 0 bridgehead atoms. The molecule has 2 aromatic carbocycles. The van der Waals surface area contributed by atoms with Gasteiger partial charge in [0.25, 0.3) is 5.91 Å². The maximum atomic E-state index is 13.6. The largest absolute Gasteiger partial charge is 0.497 e. The molecular weight excluding hydrogens is 484 g/mol. The zero-order valence-corrected chi connectivity index (χ0v) is 18.5. The van der Waals surface area contributed by atoms with Gasteiger partial charge in [0.1, 0.15) is 17.2 Å². The third-order valence-electron chi connectivity index (χ3n) is 5.20. The molecule has 6 nitrogen and oxygen atoms in total. The lowest BCUT2D eigenvalue weighted by molar-refractivity contribution is 0.0970. The minimum absolute atomic E-state index is 0.00407. The number of pyridine rings is 1. The Kier molecular flexibility index (Phi) is 4.79. The Morgan fingerprint density at radius 3 is 2.71 bits per heavy atom. The van der Waals surface area contributed by atoms with Crippen LogP contribution >= 0.6 is 27.5 Å². The number of fused-ring (bicyclic) bond motifs is 2. The Labute approximate surface area is 190 Å². The number of hydrogen-bond acceptors (Lipinski definition) is 5. The van der Waals surface area contributed by atoms with Crippen LogP contribution in [0.3, 0.4) is 0 Å². The molecule has 0 spiro atoms. The second-order valence-electron chi connectivity index (χ2n) is 7.00. The van der Waals surface area contributed by atoms with E-state index in [1.165, 1.54) is 11.1 Å². The van der Waals surface area contributed by atoms with Crippen LogP contribution < -0.4 is 15.1 Å². The van der Waals surface area contributed by atoms with Crippen LogP contribution in [0.2, 0.25) is 5.02 Å². The second kappa shape index (κ2) is 7.51. The normalized spacial score (nSPS) is 15.4. The molecule has 2 aromatic heterocycles. The van der Waals surface area contributed by atoms with Gasteiger partial charge in [0.15, 0.2) is 5.43 Å². The number of anilines is 1. The summed E-state index contributed by atoms with van der Waals surface area (Å²) < 4.78 is 12.0. The fourth-order valence-electron chi connectivity index (χ4n) is 3.82. The van der Waals surface area contributed by atoms with Crippen molar-refractivity contribution in [2.24, 2.45) is 0 Å². The summed E-state index contributed by atoms with van der Waals surface area (Å²) >= 11 is 9.39. The summed E-state index contributed by atoms with van der Waals surface area (Å²) in [6.07, 6.45) is 1.46. The SMILES string of the molecule is COc1cccc(C2c3c(oc4ccc(Br)cc4c3=O)C(=O)N2c2ccc(Cl)cn2)c1. The van der Waals surface area contributed by atoms with Crippen molar-refractivity contribution in [1.82, 2.24) is 4.98 Å². The van der Waals surface area contributed by atoms with Crippen LogP contribution in [0.25, 0.3) is 11.0 Å². The quantitative estimate of drug-likeness (QED) is 0.381. The molecule has 5 rings (SSSR count). The summed E-state index contributed by atoms with van der Waals surface area (Å²) in [6, 6.07) is 14.9. The van der Waals surface area contributed by atoms with Crippen molar-refractivity contribution in [3.63, 3.8) is 0 Å². The molecule has 4 aromatic rings. The molecule has 1 atom stereocenters.